The monoisotopic (exact) mass is 251 g/mol. The molecule has 0 unspecified atom stereocenters. The third kappa shape index (κ3) is 3.29. The van der Waals surface area contributed by atoms with E-state index in [1.54, 1.807) is 0 Å². The SMILES string of the molecule is C=CCOC(=O)[C@H](CC(C)C)N1C(=O)C=CC1=O. The van der Waals surface area contributed by atoms with Gasteiger partial charge in [-0.2, -0.15) is 0 Å². The zero-order valence-electron chi connectivity index (χ0n) is 10.6. The molecule has 1 aliphatic rings. The van der Waals surface area contributed by atoms with Gasteiger partial charge < -0.3 is 4.74 Å². The Bertz CT molecular complexity index is 380. The number of imide groups is 1. The summed E-state index contributed by atoms with van der Waals surface area (Å²) in [5.41, 5.74) is 0. The van der Waals surface area contributed by atoms with Gasteiger partial charge >= 0.3 is 5.97 Å². The molecule has 1 aliphatic heterocycles. The molecule has 0 bridgehead atoms. The Hall–Kier alpha value is -1.91. The summed E-state index contributed by atoms with van der Waals surface area (Å²) in [5, 5.41) is 0. The van der Waals surface area contributed by atoms with Crippen molar-refractivity contribution in [3.05, 3.63) is 24.8 Å². The fraction of sp³-hybridized carbons (Fsp3) is 0.462. The van der Waals surface area contributed by atoms with E-state index in [1.165, 1.54) is 6.08 Å². The van der Waals surface area contributed by atoms with Crippen molar-refractivity contribution in [2.24, 2.45) is 5.92 Å². The van der Waals surface area contributed by atoms with Crippen molar-refractivity contribution in [2.45, 2.75) is 26.3 Å². The number of ether oxygens (including phenoxy) is 1. The van der Waals surface area contributed by atoms with Gasteiger partial charge in [-0.25, -0.2) is 4.79 Å². The Morgan fingerprint density at radius 1 is 1.39 bits per heavy atom. The second-order valence-corrected chi connectivity index (χ2v) is 4.44. The van der Waals surface area contributed by atoms with Gasteiger partial charge in [0.25, 0.3) is 11.8 Å². The molecule has 2 amide bonds. The van der Waals surface area contributed by atoms with Crippen LogP contribution < -0.4 is 0 Å². The fourth-order valence-corrected chi connectivity index (χ4v) is 1.71. The van der Waals surface area contributed by atoms with Gasteiger partial charge in [0.1, 0.15) is 12.6 Å². The molecular weight excluding hydrogens is 234 g/mol. The molecule has 1 heterocycles. The zero-order chi connectivity index (χ0) is 13.7. The maximum Gasteiger partial charge on any atom is 0.329 e. The van der Waals surface area contributed by atoms with E-state index in [2.05, 4.69) is 6.58 Å². The van der Waals surface area contributed by atoms with Crippen LogP contribution in [0.1, 0.15) is 20.3 Å². The first-order valence-electron chi connectivity index (χ1n) is 5.80. The fourth-order valence-electron chi connectivity index (χ4n) is 1.71. The number of hydrogen-bond donors (Lipinski definition) is 0. The summed E-state index contributed by atoms with van der Waals surface area (Å²) in [6, 6.07) is -0.861. The molecule has 5 nitrogen and oxygen atoms in total. The van der Waals surface area contributed by atoms with E-state index in [0.29, 0.717) is 6.42 Å². The Balaban J connectivity index is 2.84. The van der Waals surface area contributed by atoms with E-state index < -0.39 is 23.8 Å². The van der Waals surface area contributed by atoms with Crippen LogP contribution in [0.4, 0.5) is 0 Å². The van der Waals surface area contributed by atoms with E-state index in [9.17, 15) is 14.4 Å². The lowest BCUT2D eigenvalue weighted by Gasteiger charge is -2.25. The second-order valence-electron chi connectivity index (χ2n) is 4.44. The first kappa shape index (κ1) is 14.2. The minimum absolute atomic E-state index is 0.0665. The van der Waals surface area contributed by atoms with Crippen molar-refractivity contribution in [3.63, 3.8) is 0 Å². The van der Waals surface area contributed by atoms with Crippen LogP contribution in [0.25, 0.3) is 0 Å². The van der Waals surface area contributed by atoms with E-state index in [1.807, 2.05) is 13.8 Å². The van der Waals surface area contributed by atoms with Crippen LogP contribution in [0.5, 0.6) is 0 Å². The number of nitrogens with zero attached hydrogens (tertiary/aromatic N) is 1. The molecule has 0 N–H and O–H groups in total. The van der Waals surface area contributed by atoms with Gasteiger partial charge in [-0.1, -0.05) is 26.5 Å². The summed E-state index contributed by atoms with van der Waals surface area (Å²) in [4.78, 5) is 36.0. The molecular formula is C13H17NO4. The summed E-state index contributed by atoms with van der Waals surface area (Å²) in [7, 11) is 0. The van der Waals surface area contributed by atoms with Gasteiger partial charge in [0.05, 0.1) is 0 Å². The molecule has 0 aliphatic carbocycles. The largest absolute Gasteiger partial charge is 0.460 e. The lowest BCUT2D eigenvalue weighted by Crippen LogP contribution is -2.46. The van der Waals surface area contributed by atoms with Crippen LogP contribution in [0.3, 0.4) is 0 Å². The minimum atomic E-state index is -0.861. The highest BCUT2D eigenvalue weighted by Gasteiger charge is 2.36. The number of carbonyl (C=O) groups excluding carboxylic acids is 3. The van der Waals surface area contributed by atoms with Gasteiger partial charge in [-0.3, -0.25) is 14.5 Å². The molecule has 0 fully saturated rings. The summed E-state index contributed by atoms with van der Waals surface area (Å²) in [6.45, 7) is 7.33. The van der Waals surface area contributed by atoms with Crippen molar-refractivity contribution in [1.82, 2.24) is 4.90 Å². The Kier molecular flexibility index (Phi) is 4.83. The van der Waals surface area contributed by atoms with Crippen LogP contribution in [-0.4, -0.2) is 35.3 Å². The van der Waals surface area contributed by atoms with Gasteiger partial charge in [0.15, 0.2) is 0 Å². The van der Waals surface area contributed by atoms with Gasteiger partial charge in [0.2, 0.25) is 0 Å². The first-order valence-corrected chi connectivity index (χ1v) is 5.80. The summed E-state index contributed by atoms with van der Waals surface area (Å²) in [5.74, 6) is -1.36. The normalized spacial score (nSPS) is 16.3. The third-order valence-electron chi connectivity index (χ3n) is 2.47. The Morgan fingerprint density at radius 2 is 1.94 bits per heavy atom. The van der Waals surface area contributed by atoms with Crippen molar-refractivity contribution < 1.29 is 19.1 Å². The smallest absolute Gasteiger partial charge is 0.329 e. The average Bonchev–Trinajstić information content (AvgIpc) is 2.63. The molecule has 0 radical (unpaired) electrons. The molecule has 1 rings (SSSR count). The predicted molar refractivity (Wildman–Crippen MR) is 65.4 cm³/mol. The number of amides is 2. The highest BCUT2D eigenvalue weighted by molar-refractivity contribution is 6.14. The molecule has 0 spiro atoms. The summed E-state index contributed by atoms with van der Waals surface area (Å²) in [6.07, 6.45) is 4.15. The number of esters is 1. The molecule has 0 saturated carbocycles. The summed E-state index contributed by atoms with van der Waals surface area (Å²) >= 11 is 0. The minimum Gasteiger partial charge on any atom is -0.460 e. The first-order chi connectivity index (χ1) is 8.47. The third-order valence-corrected chi connectivity index (χ3v) is 2.47. The van der Waals surface area contributed by atoms with E-state index in [4.69, 9.17) is 4.74 Å². The highest BCUT2D eigenvalue weighted by atomic mass is 16.5. The molecule has 18 heavy (non-hydrogen) atoms. The van der Waals surface area contributed by atoms with E-state index in [-0.39, 0.29) is 12.5 Å². The molecule has 1 atom stereocenters. The molecule has 0 aromatic carbocycles. The van der Waals surface area contributed by atoms with Crippen LogP contribution in [0, 0.1) is 5.92 Å². The molecule has 98 valence electrons. The van der Waals surface area contributed by atoms with Crippen molar-refractivity contribution in [1.29, 1.82) is 0 Å². The predicted octanol–water partition coefficient (Wildman–Crippen LogP) is 1.06. The van der Waals surface area contributed by atoms with Gasteiger partial charge in [0, 0.05) is 12.2 Å². The Labute approximate surface area is 106 Å². The van der Waals surface area contributed by atoms with Gasteiger partial charge in [-0.15, -0.1) is 0 Å². The van der Waals surface area contributed by atoms with Crippen molar-refractivity contribution in [3.8, 4) is 0 Å². The maximum atomic E-state index is 11.9. The maximum absolute atomic E-state index is 11.9. The molecule has 0 saturated heterocycles. The van der Waals surface area contributed by atoms with Crippen molar-refractivity contribution >= 4 is 17.8 Å². The molecule has 0 aromatic rings. The van der Waals surface area contributed by atoms with Crippen LogP contribution in [0.15, 0.2) is 24.8 Å². The molecule has 5 heteroatoms. The van der Waals surface area contributed by atoms with Gasteiger partial charge in [-0.05, 0) is 12.3 Å². The van der Waals surface area contributed by atoms with Crippen LogP contribution in [-0.2, 0) is 19.1 Å². The number of carbonyl (C=O) groups is 3. The molecule has 0 aromatic heterocycles. The lowest BCUT2D eigenvalue weighted by molar-refractivity contribution is -0.157. The number of rotatable bonds is 6. The van der Waals surface area contributed by atoms with Crippen molar-refractivity contribution in [2.75, 3.05) is 6.61 Å². The lowest BCUT2D eigenvalue weighted by atomic mass is 10.0. The van der Waals surface area contributed by atoms with Crippen LogP contribution in [0.2, 0.25) is 0 Å². The summed E-state index contributed by atoms with van der Waals surface area (Å²) < 4.78 is 4.93. The standard InChI is InChI=1S/C13H17NO4/c1-4-7-18-13(17)10(8-9(2)3)14-11(15)5-6-12(14)16/h4-6,9-10H,1,7-8H2,2-3H3/t10-/m0/s1. The topological polar surface area (TPSA) is 63.7 Å². The highest BCUT2D eigenvalue weighted by Crippen LogP contribution is 2.17. The van der Waals surface area contributed by atoms with Crippen LogP contribution >= 0.6 is 0 Å². The average molecular weight is 251 g/mol. The quantitative estimate of drug-likeness (QED) is 0.402. The van der Waals surface area contributed by atoms with E-state index >= 15 is 0 Å². The second kappa shape index (κ2) is 6.14. The zero-order valence-corrected chi connectivity index (χ0v) is 10.6. The Morgan fingerprint density at radius 3 is 2.39 bits per heavy atom. The van der Waals surface area contributed by atoms with E-state index in [0.717, 1.165) is 17.1 Å². The number of hydrogen-bond acceptors (Lipinski definition) is 4.